The van der Waals surface area contributed by atoms with Gasteiger partial charge in [0.05, 0.1) is 11.9 Å². The van der Waals surface area contributed by atoms with Crippen LogP contribution in [0.2, 0.25) is 0 Å². The van der Waals surface area contributed by atoms with Gasteiger partial charge in [0.1, 0.15) is 11.2 Å². The maximum absolute atomic E-state index is 11.3. The number of nitrogens with zero attached hydrogens (tertiary/aromatic N) is 1. The van der Waals surface area contributed by atoms with Crippen molar-refractivity contribution < 1.29 is 4.79 Å². The van der Waals surface area contributed by atoms with Gasteiger partial charge >= 0.3 is 0 Å². The van der Waals surface area contributed by atoms with E-state index in [1.807, 2.05) is 54.6 Å². The highest BCUT2D eigenvalue weighted by atomic mass is 16.1. The van der Waals surface area contributed by atoms with Crippen LogP contribution in [0.5, 0.6) is 0 Å². The van der Waals surface area contributed by atoms with Crippen LogP contribution >= 0.6 is 0 Å². The van der Waals surface area contributed by atoms with Crippen LogP contribution in [0.15, 0.2) is 97.2 Å². The fourth-order valence-electron chi connectivity index (χ4n) is 3.56. The number of hydrogen-bond donors (Lipinski definition) is 1. The fraction of sp³-hybridized carbons (Fsp3) is 0.0435. The Morgan fingerprint density at radius 3 is 1.46 bits per heavy atom. The van der Waals surface area contributed by atoms with Crippen molar-refractivity contribution in [1.29, 1.82) is 0 Å². The van der Waals surface area contributed by atoms with Gasteiger partial charge in [0.25, 0.3) is 0 Å². The molecule has 4 rings (SSSR count). The standard InChI is InChI=1S/C23H18N2O/c26-17-21-16-24-22(25-21)23(18-10-4-1-5-11-18,19-12-6-2-7-13-19)20-14-8-3-9-15-20/h1-17H,(H,24,25). The molecule has 0 aliphatic heterocycles. The molecule has 0 atom stereocenters. The topological polar surface area (TPSA) is 45.8 Å². The minimum atomic E-state index is -0.634. The molecule has 0 spiro atoms. The largest absolute Gasteiger partial charge is 0.338 e. The summed E-state index contributed by atoms with van der Waals surface area (Å²) in [6.45, 7) is 0. The zero-order valence-corrected chi connectivity index (χ0v) is 14.2. The summed E-state index contributed by atoms with van der Waals surface area (Å²) in [5.41, 5.74) is 3.09. The first-order valence-corrected chi connectivity index (χ1v) is 8.53. The third-order valence-electron chi connectivity index (χ3n) is 4.70. The van der Waals surface area contributed by atoms with Gasteiger partial charge in [-0.1, -0.05) is 91.0 Å². The van der Waals surface area contributed by atoms with Crippen LogP contribution in [0, 0.1) is 0 Å². The summed E-state index contributed by atoms with van der Waals surface area (Å²) in [6.07, 6.45) is 2.38. The minimum absolute atomic E-state index is 0.465. The second kappa shape index (κ2) is 6.81. The summed E-state index contributed by atoms with van der Waals surface area (Å²) in [5.74, 6) is 0.725. The molecule has 126 valence electrons. The van der Waals surface area contributed by atoms with Crippen molar-refractivity contribution in [2.24, 2.45) is 0 Å². The average Bonchev–Trinajstić information content (AvgIpc) is 3.21. The van der Waals surface area contributed by atoms with Gasteiger partial charge in [0.15, 0.2) is 6.29 Å². The summed E-state index contributed by atoms with van der Waals surface area (Å²) in [6, 6.07) is 30.8. The van der Waals surface area contributed by atoms with E-state index in [0.717, 1.165) is 28.8 Å². The number of carbonyl (C=O) groups excluding carboxylic acids is 1. The van der Waals surface area contributed by atoms with Gasteiger partial charge in [-0.3, -0.25) is 4.79 Å². The van der Waals surface area contributed by atoms with E-state index in [1.54, 1.807) is 6.20 Å². The number of H-pyrrole nitrogens is 1. The van der Waals surface area contributed by atoms with E-state index in [0.29, 0.717) is 5.69 Å². The van der Waals surface area contributed by atoms with Crippen molar-refractivity contribution in [3.05, 3.63) is 125 Å². The monoisotopic (exact) mass is 338 g/mol. The summed E-state index contributed by atoms with van der Waals surface area (Å²) in [4.78, 5) is 19.1. The highest BCUT2D eigenvalue weighted by Crippen LogP contribution is 2.43. The van der Waals surface area contributed by atoms with Crippen LogP contribution in [-0.2, 0) is 5.41 Å². The first-order chi connectivity index (χ1) is 12.9. The number of aromatic nitrogens is 2. The van der Waals surface area contributed by atoms with Crippen molar-refractivity contribution >= 4 is 6.29 Å². The van der Waals surface area contributed by atoms with Crippen molar-refractivity contribution in [3.63, 3.8) is 0 Å². The first kappa shape index (κ1) is 16.0. The quantitative estimate of drug-likeness (QED) is 0.427. The lowest BCUT2D eigenvalue weighted by atomic mass is 9.69. The summed E-state index contributed by atoms with van der Waals surface area (Å²) in [5, 5.41) is 0. The van der Waals surface area contributed by atoms with E-state index >= 15 is 0 Å². The zero-order valence-electron chi connectivity index (χ0n) is 14.2. The number of imidazole rings is 1. The molecule has 0 amide bonds. The molecule has 3 heteroatoms. The Kier molecular flexibility index (Phi) is 4.20. The number of hydrogen-bond acceptors (Lipinski definition) is 2. The third kappa shape index (κ3) is 2.54. The van der Waals surface area contributed by atoms with Crippen molar-refractivity contribution in [3.8, 4) is 0 Å². The highest BCUT2D eigenvalue weighted by Gasteiger charge is 2.40. The summed E-state index contributed by atoms with van der Waals surface area (Å²) >= 11 is 0. The lowest BCUT2D eigenvalue weighted by molar-refractivity contribution is 0.111. The predicted octanol–water partition coefficient (Wildman–Crippen LogP) is 4.60. The molecule has 0 aliphatic rings. The Hall–Kier alpha value is -3.46. The van der Waals surface area contributed by atoms with Gasteiger partial charge in [-0.15, -0.1) is 0 Å². The lowest BCUT2D eigenvalue weighted by Crippen LogP contribution is -2.32. The Labute approximate surface area is 152 Å². The van der Waals surface area contributed by atoms with Crippen LogP contribution in [0.4, 0.5) is 0 Å². The zero-order chi connectivity index (χ0) is 17.8. The molecule has 0 fully saturated rings. The van der Waals surface area contributed by atoms with E-state index in [-0.39, 0.29) is 0 Å². The molecule has 1 aromatic heterocycles. The van der Waals surface area contributed by atoms with Crippen molar-refractivity contribution in [2.75, 3.05) is 0 Å². The van der Waals surface area contributed by atoms with Crippen molar-refractivity contribution in [2.45, 2.75) is 5.41 Å². The summed E-state index contributed by atoms with van der Waals surface area (Å²) in [7, 11) is 0. The van der Waals surface area contributed by atoms with Gasteiger partial charge in [-0.2, -0.15) is 0 Å². The van der Waals surface area contributed by atoms with Gasteiger partial charge in [0, 0.05) is 0 Å². The molecule has 0 saturated heterocycles. The highest BCUT2D eigenvalue weighted by molar-refractivity contribution is 5.72. The fourth-order valence-corrected chi connectivity index (χ4v) is 3.56. The van der Waals surface area contributed by atoms with Gasteiger partial charge in [0.2, 0.25) is 0 Å². The number of nitrogens with one attached hydrogen (secondary N) is 1. The van der Waals surface area contributed by atoms with E-state index < -0.39 is 5.41 Å². The molecule has 1 heterocycles. The Balaban J connectivity index is 2.12. The molecule has 4 aromatic rings. The van der Waals surface area contributed by atoms with Gasteiger partial charge in [-0.25, -0.2) is 4.98 Å². The van der Waals surface area contributed by atoms with Crippen LogP contribution in [-0.4, -0.2) is 16.3 Å². The number of aromatic amines is 1. The van der Waals surface area contributed by atoms with E-state index in [2.05, 4.69) is 46.4 Å². The van der Waals surface area contributed by atoms with Crippen LogP contribution < -0.4 is 0 Å². The lowest BCUT2D eigenvalue weighted by Gasteiger charge is -2.34. The van der Waals surface area contributed by atoms with Crippen LogP contribution in [0.25, 0.3) is 0 Å². The third-order valence-corrected chi connectivity index (χ3v) is 4.70. The number of benzene rings is 3. The van der Waals surface area contributed by atoms with Crippen LogP contribution in [0.3, 0.4) is 0 Å². The number of aldehydes is 1. The number of carbonyl (C=O) groups is 1. The molecule has 26 heavy (non-hydrogen) atoms. The molecule has 0 unspecified atom stereocenters. The number of rotatable bonds is 5. The normalized spacial score (nSPS) is 11.2. The Bertz CT molecular complexity index is 895. The van der Waals surface area contributed by atoms with Gasteiger partial charge < -0.3 is 4.98 Å². The molecule has 1 N–H and O–H groups in total. The predicted molar refractivity (Wildman–Crippen MR) is 102 cm³/mol. The van der Waals surface area contributed by atoms with Gasteiger partial charge in [-0.05, 0) is 16.7 Å². The molecule has 0 saturated carbocycles. The summed E-state index contributed by atoms with van der Waals surface area (Å²) < 4.78 is 0. The van der Waals surface area contributed by atoms with E-state index in [9.17, 15) is 4.79 Å². The second-order valence-electron chi connectivity index (χ2n) is 6.15. The maximum Gasteiger partial charge on any atom is 0.167 e. The molecule has 0 radical (unpaired) electrons. The second-order valence-corrected chi connectivity index (χ2v) is 6.15. The SMILES string of the molecule is O=Cc1cnc(C(c2ccccc2)(c2ccccc2)c2ccccc2)[nH]1. The maximum atomic E-state index is 11.3. The van der Waals surface area contributed by atoms with Crippen molar-refractivity contribution in [1.82, 2.24) is 9.97 Å². The average molecular weight is 338 g/mol. The van der Waals surface area contributed by atoms with E-state index in [4.69, 9.17) is 0 Å². The molecular weight excluding hydrogens is 320 g/mol. The van der Waals surface area contributed by atoms with Crippen LogP contribution in [0.1, 0.15) is 33.0 Å². The minimum Gasteiger partial charge on any atom is -0.338 e. The molecule has 0 aliphatic carbocycles. The first-order valence-electron chi connectivity index (χ1n) is 8.53. The Morgan fingerprint density at radius 1 is 0.692 bits per heavy atom. The van der Waals surface area contributed by atoms with E-state index in [1.165, 1.54) is 0 Å². The molecule has 3 nitrogen and oxygen atoms in total. The smallest absolute Gasteiger partial charge is 0.167 e. The Morgan fingerprint density at radius 2 is 1.12 bits per heavy atom. The molecule has 3 aromatic carbocycles. The molecule has 0 bridgehead atoms. The molecular formula is C23H18N2O.